The predicted octanol–water partition coefficient (Wildman–Crippen LogP) is -0.497. The van der Waals surface area contributed by atoms with E-state index < -0.39 is 6.10 Å². The second kappa shape index (κ2) is 4.13. The van der Waals surface area contributed by atoms with E-state index in [0.717, 1.165) is 12.8 Å². The number of aryl methyl sites for hydroxylation is 1. The first-order valence-electron chi connectivity index (χ1n) is 5.33. The summed E-state index contributed by atoms with van der Waals surface area (Å²) in [5.74, 6) is 0.0131. The van der Waals surface area contributed by atoms with E-state index in [1.54, 1.807) is 13.2 Å². The normalized spacial score (nSPS) is 17.1. The Bertz CT molecular complexity index is 398. The topological polar surface area (TPSA) is 93.2 Å². The Balaban J connectivity index is 1.89. The molecule has 0 radical (unpaired) electrons. The van der Waals surface area contributed by atoms with Gasteiger partial charge in [0.05, 0.1) is 11.8 Å². The number of anilines is 1. The number of hydrogen-bond donors (Lipinski definition) is 3. The second-order valence-corrected chi connectivity index (χ2v) is 4.22. The lowest BCUT2D eigenvalue weighted by atomic mass is 10.2. The zero-order valence-electron chi connectivity index (χ0n) is 9.18. The van der Waals surface area contributed by atoms with Crippen molar-refractivity contribution in [2.45, 2.75) is 18.9 Å². The van der Waals surface area contributed by atoms with Gasteiger partial charge in [-0.3, -0.25) is 9.48 Å². The van der Waals surface area contributed by atoms with Gasteiger partial charge in [-0.2, -0.15) is 5.10 Å². The second-order valence-electron chi connectivity index (χ2n) is 4.22. The number of carbonyl (C=O) groups is 1. The lowest BCUT2D eigenvalue weighted by Crippen LogP contribution is -2.33. The lowest BCUT2D eigenvalue weighted by Gasteiger charge is -2.09. The van der Waals surface area contributed by atoms with Gasteiger partial charge in [-0.25, -0.2) is 0 Å². The van der Waals surface area contributed by atoms with Crippen LogP contribution in [0.15, 0.2) is 6.20 Å². The highest BCUT2D eigenvalue weighted by atomic mass is 16.3. The molecular weight excluding hydrogens is 208 g/mol. The molecule has 88 valence electrons. The minimum absolute atomic E-state index is 0.213. The van der Waals surface area contributed by atoms with Gasteiger partial charge in [0.1, 0.15) is 0 Å². The molecule has 6 heteroatoms. The molecule has 1 unspecified atom stereocenters. The standard InChI is InChI=1S/C10H16N4O2/c1-14-5-7(11)9(13-14)10(16)12-4-8(15)6-2-3-6/h5-6,8,15H,2-4,11H2,1H3,(H,12,16). The van der Waals surface area contributed by atoms with Crippen LogP contribution in [-0.4, -0.2) is 33.4 Å². The quantitative estimate of drug-likeness (QED) is 0.643. The number of hydrogen-bond acceptors (Lipinski definition) is 4. The maximum atomic E-state index is 11.6. The van der Waals surface area contributed by atoms with E-state index in [0.29, 0.717) is 11.6 Å². The van der Waals surface area contributed by atoms with Crippen LogP contribution in [0.5, 0.6) is 0 Å². The highest BCUT2D eigenvalue weighted by molar-refractivity contribution is 5.96. The summed E-state index contributed by atoms with van der Waals surface area (Å²) in [5, 5.41) is 16.2. The molecule has 0 aromatic carbocycles. The number of carbonyl (C=O) groups excluding carboxylic acids is 1. The van der Waals surface area contributed by atoms with E-state index in [-0.39, 0.29) is 18.1 Å². The van der Waals surface area contributed by atoms with Crippen molar-refractivity contribution in [3.05, 3.63) is 11.9 Å². The maximum Gasteiger partial charge on any atom is 0.274 e. The fourth-order valence-corrected chi connectivity index (χ4v) is 1.61. The predicted molar refractivity (Wildman–Crippen MR) is 58.7 cm³/mol. The van der Waals surface area contributed by atoms with Gasteiger partial charge < -0.3 is 16.2 Å². The summed E-state index contributed by atoms with van der Waals surface area (Å²) in [5.41, 5.74) is 6.18. The summed E-state index contributed by atoms with van der Waals surface area (Å²) in [6.45, 7) is 0.263. The van der Waals surface area contributed by atoms with Crippen LogP contribution in [0, 0.1) is 5.92 Å². The zero-order chi connectivity index (χ0) is 11.7. The largest absolute Gasteiger partial charge is 0.396 e. The molecule has 16 heavy (non-hydrogen) atoms. The molecule has 1 saturated carbocycles. The molecule has 1 aliphatic carbocycles. The van der Waals surface area contributed by atoms with Crippen LogP contribution in [0.4, 0.5) is 5.69 Å². The highest BCUT2D eigenvalue weighted by Crippen LogP contribution is 2.32. The monoisotopic (exact) mass is 224 g/mol. The summed E-state index contributed by atoms with van der Waals surface area (Å²) in [4.78, 5) is 11.6. The molecule has 1 atom stereocenters. The van der Waals surface area contributed by atoms with Crippen molar-refractivity contribution < 1.29 is 9.90 Å². The molecule has 6 nitrogen and oxygen atoms in total. The Morgan fingerprint density at radius 2 is 2.50 bits per heavy atom. The van der Waals surface area contributed by atoms with Gasteiger partial charge in [0.2, 0.25) is 0 Å². The van der Waals surface area contributed by atoms with Gasteiger partial charge in [0, 0.05) is 19.8 Å². The van der Waals surface area contributed by atoms with Crippen LogP contribution < -0.4 is 11.1 Å². The van der Waals surface area contributed by atoms with Gasteiger partial charge >= 0.3 is 0 Å². The summed E-state index contributed by atoms with van der Waals surface area (Å²) in [6.07, 6.45) is 3.21. The molecule has 0 bridgehead atoms. The summed E-state index contributed by atoms with van der Waals surface area (Å²) in [7, 11) is 1.70. The van der Waals surface area contributed by atoms with Gasteiger partial charge in [-0.15, -0.1) is 0 Å². The number of aliphatic hydroxyl groups excluding tert-OH is 1. The number of nitrogens with zero attached hydrogens (tertiary/aromatic N) is 2. The molecule has 0 saturated heterocycles. The summed E-state index contributed by atoms with van der Waals surface area (Å²) < 4.78 is 1.49. The number of nitrogens with one attached hydrogen (secondary N) is 1. The summed E-state index contributed by atoms with van der Waals surface area (Å²) >= 11 is 0. The Hall–Kier alpha value is -1.56. The van der Waals surface area contributed by atoms with Gasteiger partial charge in [0.25, 0.3) is 5.91 Å². The number of rotatable bonds is 4. The van der Waals surface area contributed by atoms with Crippen LogP contribution in [-0.2, 0) is 7.05 Å². The van der Waals surface area contributed by atoms with E-state index in [1.807, 2.05) is 0 Å². The summed E-state index contributed by atoms with van der Waals surface area (Å²) in [6, 6.07) is 0. The molecule has 2 rings (SSSR count). The van der Waals surface area contributed by atoms with Gasteiger partial charge in [0.15, 0.2) is 5.69 Å². The minimum Gasteiger partial charge on any atom is -0.396 e. The fraction of sp³-hybridized carbons (Fsp3) is 0.600. The average Bonchev–Trinajstić information content (AvgIpc) is 3.01. The highest BCUT2D eigenvalue weighted by Gasteiger charge is 2.30. The van der Waals surface area contributed by atoms with E-state index in [2.05, 4.69) is 10.4 Å². The molecule has 0 aliphatic heterocycles. The van der Waals surface area contributed by atoms with Crippen LogP contribution in [0.1, 0.15) is 23.3 Å². The Morgan fingerprint density at radius 1 is 1.81 bits per heavy atom. The molecular formula is C10H16N4O2. The molecule has 1 aromatic rings. The Morgan fingerprint density at radius 3 is 3.00 bits per heavy atom. The lowest BCUT2D eigenvalue weighted by molar-refractivity contribution is 0.0896. The van der Waals surface area contributed by atoms with Crippen molar-refractivity contribution in [2.75, 3.05) is 12.3 Å². The molecule has 1 amide bonds. The molecule has 1 aromatic heterocycles. The van der Waals surface area contributed by atoms with Crippen molar-refractivity contribution in [1.29, 1.82) is 0 Å². The first-order chi connectivity index (χ1) is 7.58. The van der Waals surface area contributed by atoms with Crippen LogP contribution in [0.3, 0.4) is 0 Å². The average molecular weight is 224 g/mol. The SMILES string of the molecule is Cn1cc(N)c(C(=O)NCC(O)C2CC2)n1. The molecule has 4 N–H and O–H groups in total. The number of amides is 1. The van der Waals surface area contributed by atoms with E-state index in [1.165, 1.54) is 4.68 Å². The third-order valence-electron chi connectivity index (χ3n) is 2.71. The van der Waals surface area contributed by atoms with E-state index in [9.17, 15) is 9.90 Å². The Kier molecular flexibility index (Phi) is 2.82. The van der Waals surface area contributed by atoms with Crippen molar-refractivity contribution in [3.8, 4) is 0 Å². The van der Waals surface area contributed by atoms with Crippen LogP contribution in [0.25, 0.3) is 0 Å². The maximum absolute atomic E-state index is 11.6. The molecule has 1 fully saturated rings. The van der Waals surface area contributed by atoms with E-state index >= 15 is 0 Å². The first-order valence-corrected chi connectivity index (χ1v) is 5.33. The van der Waals surface area contributed by atoms with Crippen molar-refractivity contribution >= 4 is 11.6 Å². The number of nitrogen functional groups attached to an aromatic ring is 1. The van der Waals surface area contributed by atoms with Crippen LogP contribution >= 0.6 is 0 Å². The van der Waals surface area contributed by atoms with E-state index in [4.69, 9.17) is 5.73 Å². The third-order valence-corrected chi connectivity index (χ3v) is 2.71. The number of nitrogens with two attached hydrogens (primary N) is 1. The van der Waals surface area contributed by atoms with Gasteiger partial charge in [-0.05, 0) is 18.8 Å². The number of aliphatic hydroxyl groups is 1. The molecule has 0 spiro atoms. The minimum atomic E-state index is -0.450. The molecule has 1 heterocycles. The Labute approximate surface area is 93.4 Å². The van der Waals surface area contributed by atoms with Crippen molar-refractivity contribution in [2.24, 2.45) is 13.0 Å². The molecule has 1 aliphatic rings. The zero-order valence-corrected chi connectivity index (χ0v) is 9.18. The smallest absolute Gasteiger partial charge is 0.274 e. The van der Waals surface area contributed by atoms with Gasteiger partial charge in [-0.1, -0.05) is 0 Å². The first kappa shape index (κ1) is 10.9. The number of aromatic nitrogens is 2. The third kappa shape index (κ3) is 2.33. The van der Waals surface area contributed by atoms with Crippen molar-refractivity contribution in [1.82, 2.24) is 15.1 Å². The fourth-order valence-electron chi connectivity index (χ4n) is 1.61. The van der Waals surface area contributed by atoms with Crippen LogP contribution in [0.2, 0.25) is 0 Å². The van der Waals surface area contributed by atoms with Crippen molar-refractivity contribution in [3.63, 3.8) is 0 Å².